The number of hydrogen-bond acceptors (Lipinski definition) is 3. The summed E-state index contributed by atoms with van der Waals surface area (Å²) >= 11 is 0. The minimum atomic E-state index is 0. The van der Waals surface area contributed by atoms with Crippen LogP contribution in [0.4, 0.5) is 0 Å². The van der Waals surface area contributed by atoms with Crippen LogP contribution in [0.25, 0.3) is 0 Å². The third-order valence-electron chi connectivity index (χ3n) is 2.47. The van der Waals surface area contributed by atoms with E-state index in [1.165, 1.54) is 0 Å². The standard InChI is InChI=1S/C10H20N2O2.ClH/c1-2-14-7-5-10(13)12-6-3-4-9(11)8-12;/h9H,2-8,11H2,1H3;1H. The lowest BCUT2D eigenvalue weighted by Gasteiger charge is -2.30. The average molecular weight is 237 g/mol. The summed E-state index contributed by atoms with van der Waals surface area (Å²) < 4.78 is 5.14. The molecule has 0 aromatic carbocycles. The third kappa shape index (κ3) is 5.35. The molecule has 0 bridgehead atoms. The first-order valence-corrected chi connectivity index (χ1v) is 5.35. The predicted molar refractivity (Wildman–Crippen MR) is 62.1 cm³/mol. The van der Waals surface area contributed by atoms with E-state index in [9.17, 15) is 4.79 Å². The second-order valence-electron chi connectivity index (χ2n) is 3.69. The van der Waals surface area contributed by atoms with Crippen LogP contribution in [-0.4, -0.2) is 43.2 Å². The van der Waals surface area contributed by atoms with Crippen molar-refractivity contribution in [1.29, 1.82) is 0 Å². The van der Waals surface area contributed by atoms with Crippen molar-refractivity contribution < 1.29 is 9.53 Å². The highest BCUT2D eigenvalue weighted by Gasteiger charge is 2.20. The number of nitrogens with zero attached hydrogens (tertiary/aromatic N) is 1. The van der Waals surface area contributed by atoms with Crippen molar-refractivity contribution in [1.82, 2.24) is 4.90 Å². The SMILES string of the molecule is CCOCCC(=O)N1CCCC(N)C1.Cl. The lowest BCUT2D eigenvalue weighted by Crippen LogP contribution is -2.45. The Hall–Kier alpha value is -0.320. The Kier molecular flexibility index (Phi) is 7.74. The number of carbonyl (C=O) groups excluding carboxylic acids is 1. The topological polar surface area (TPSA) is 55.6 Å². The van der Waals surface area contributed by atoms with Crippen LogP contribution in [0.1, 0.15) is 26.2 Å². The molecule has 1 rings (SSSR count). The van der Waals surface area contributed by atoms with Gasteiger partial charge in [-0.2, -0.15) is 0 Å². The molecule has 1 atom stereocenters. The minimum Gasteiger partial charge on any atom is -0.381 e. The summed E-state index contributed by atoms with van der Waals surface area (Å²) in [5.74, 6) is 0.175. The van der Waals surface area contributed by atoms with Gasteiger partial charge in [0.05, 0.1) is 13.0 Å². The Morgan fingerprint density at radius 1 is 1.60 bits per heavy atom. The largest absolute Gasteiger partial charge is 0.381 e. The van der Waals surface area contributed by atoms with Gasteiger partial charge in [0.2, 0.25) is 5.91 Å². The maximum absolute atomic E-state index is 11.6. The summed E-state index contributed by atoms with van der Waals surface area (Å²) in [5.41, 5.74) is 5.79. The molecule has 1 saturated heterocycles. The van der Waals surface area contributed by atoms with Gasteiger partial charge in [0.25, 0.3) is 0 Å². The molecule has 0 aliphatic carbocycles. The Labute approximate surface area is 97.5 Å². The van der Waals surface area contributed by atoms with Crippen molar-refractivity contribution in [3.8, 4) is 0 Å². The summed E-state index contributed by atoms with van der Waals surface area (Å²) in [6.45, 7) is 4.71. The summed E-state index contributed by atoms with van der Waals surface area (Å²) in [6.07, 6.45) is 2.55. The zero-order chi connectivity index (χ0) is 10.4. The molecule has 1 fully saturated rings. The van der Waals surface area contributed by atoms with Crippen molar-refractivity contribution in [2.24, 2.45) is 5.73 Å². The summed E-state index contributed by atoms with van der Waals surface area (Å²) in [5, 5.41) is 0. The molecule has 4 nitrogen and oxygen atoms in total. The fraction of sp³-hybridized carbons (Fsp3) is 0.900. The number of rotatable bonds is 4. The first-order chi connectivity index (χ1) is 6.74. The van der Waals surface area contributed by atoms with Crippen LogP contribution < -0.4 is 5.73 Å². The minimum absolute atomic E-state index is 0. The van der Waals surface area contributed by atoms with Gasteiger partial charge in [0, 0.05) is 25.7 Å². The van der Waals surface area contributed by atoms with E-state index < -0.39 is 0 Å². The quantitative estimate of drug-likeness (QED) is 0.735. The number of hydrogen-bond donors (Lipinski definition) is 1. The van der Waals surface area contributed by atoms with Crippen LogP contribution >= 0.6 is 12.4 Å². The summed E-state index contributed by atoms with van der Waals surface area (Å²) in [6, 6.07) is 0.166. The van der Waals surface area contributed by atoms with Gasteiger partial charge in [-0.3, -0.25) is 4.79 Å². The molecule has 0 spiro atoms. The molecule has 5 heteroatoms. The van der Waals surface area contributed by atoms with Crippen LogP contribution in [0.3, 0.4) is 0 Å². The maximum Gasteiger partial charge on any atom is 0.224 e. The zero-order valence-corrected chi connectivity index (χ0v) is 10.1. The van der Waals surface area contributed by atoms with Crippen LogP contribution in [0.2, 0.25) is 0 Å². The molecule has 1 aliphatic rings. The lowest BCUT2D eigenvalue weighted by molar-refractivity contribution is -0.133. The lowest BCUT2D eigenvalue weighted by atomic mass is 10.1. The van der Waals surface area contributed by atoms with E-state index in [4.69, 9.17) is 10.5 Å². The molecule has 15 heavy (non-hydrogen) atoms. The molecule has 90 valence electrons. The molecule has 1 amide bonds. The first-order valence-electron chi connectivity index (χ1n) is 5.35. The van der Waals surface area contributed by atoms with Gasteiger partial charge in [-0.15, -0.1) is 12.4 Å². The van der Waals surface area contributed by atoms with E-state index in [2.05, 4.69) is 0 Å². The van der Waals surface area contributed by atoms with E-state index in [0.29, 0.717) is 26.2 Å². The van der Waals surface area contributed by atoms with Crippen LogP contribution in [0, 0.1) is 0 Å². The molecular formula is C10H21ClN2O2. The van der Waals surface area contributed by atoms with Gasteiger partial charge >= 0.3 is 0 Å². The van der Waals surface area contributed by atoms with E-state index >= 15 is 0 Å². The number of piperidine rings is 1. The van der Waals surface area contributed by atoms with Gasteiger partial charge in [-0.25, -0.2) is 0 Å². The van der Waals surface area contributed by atoms with Crippen LogP contribution in [0.15, 0.2) is 0 Å². The molecule has 1 heterocycles. The van der Waals surface area contributed by atoms with Gasteiger partial charge < -0.3 is 15.4 Å². The number of carbonyl (C=O) groups is 1. The van der Waals surface area contributed by atoms with Crippen LogP contribution in [-0.2, 0) is 9.53 Å². The molecule has 0 radical (unpaired) electrons. The van der Waals surface area contributed by atoms with E-state index in [1.807, 2.05) is 11.8 Å². The Morgan fingerprint density at radius 2 is 2.33 bits per heavy atom. The summed E-state index contributed by atoms with van der Waals surface area (Å²) in [7, 11) is 0. The normalized spacial score (nSPS) is 20.9. The van der Waals surface area contributed by atoms with Crippen LogP contribution in [0.5, 0.6) is 0 Å². The predicted octanol–water partition coefficient (Wildman–Crippen LogP) is 0.784. The number of ether oxygens (including phenoxy) is 1. The molecule has 0 aromatic heterocycles. The highest BCUT2D eigenvalue weighted by atomic mass is 35.5. The van der Waals surface area contributed by atoms with Crippen molar-refractivity contribution in [2.75, 3.05) is 26.3 Å². The first kappa shape index (κ1) is 14.7. The Morgan fingerprint density at radius 3 is 2.93 bits per heavy atom. The average Bonchev–Trinajstić information content (AvgIpc) is 2.18. The zero-order valence-electron chi connectivity index (χ0n) is 9.28. The van der Waals surface area contributed by atoms with Crippen molar-refractivity contribution in [3.63, 3.8) is 0 Å². The molecule has 1 aliphatic heterocycles. The maximum atomic E-state index is 11.6. The van der Waals surface area contributed by atoms with Crippen molar-refractivity contribution >= 4 is 18.3 Å². The number of amides is 1. The van der Waals surface area contributed by atoms with Crippen molar-refractivity contribution in [3.05, 3.63) is 0 Å². The van der Waals surface area contributed by atoms with Crippen molar-refractivity contribution in [2.45, 2.75) is 32.2 Å². The highest BCUT2D eigenvalue weighted by Crippen LogP contribution is 2.09. The fourth-order valence-corrected chi connectivity index (χ4v) is 1.70. The van der Waals surface area contributed by atoms with E-state index in [1.54, 1.807) is 0 Å². The summed E-state index contributed by atoms with van der Waals surface area (Å²) in [4.78, 5) is 13.5. The monoisotopic (exact) mass is 236 g/mol. The Bertz CT molecular complexity index is 190. The highest BCUT2D eigenvalue weighted by molar-refractivity contribution is 5.85. The Balaban J connectivity index is 0.00000196. The van der Waals surface area contributed by atoms with Gasteiger partial charge in [0.15, 0.2) is 0 Å². The van der Waals surface area contributed by atoms with Gasteiger partial charge in [0.1, 0.15) is 0 Å². The number of nitrogens with two attached hydrogens (primary N) is 1. The fourth-order valence-electron chi connectivity index (χ4n) is 1.70. The number of halogens is 1. The molecule has 0 aromatic rings. The molecular weight excluding hydrogens is 216 g/mol. The smallest absolute Gasteiger partial charge is 0.224 e. The van der Waals surface area contributed by atoms with Gasteiger partial charge in [-0.1, -0.05) is 0 Å². The molecule has 1 unspecified atom stereocenters. The molecule has 2 N–H and O–H groups in total. The molecule has 0 saturated carbocycles. The van der Waals surface area contributed by atoms with E-state index in [0.717, 1.165) is 19.4 Å². The van der Waals surface area contributed by atoms with E-state index in [-0.39, 0.29) is 24.4 Å². The number of likely N-dealkylation sites (tertiary alicyclic amines) is 1. The second kappa shape index (κ2) is 7.91. The third-order valence-corrected chi connectivity index (χ3v) is 2.47. The second-order valence-corrected chi connectivity index (χ2v) is 3.69. The van der Waals surface area contributed by atoms with Gasteiger partial charge in [-0.05, 0) is 19.8 Å².